The van der Waals surface area contributed by atoms with E-state index >= 15 is 4.39 Å². The molecule has 4 heterocycles. The van der Waals surface area contributed by atoms with Crippen LogP contribution in [0.3, 0.4) is 0 Å². The lowest BCUT2D eigenvalue weighted by Gasteiger charge is -2.23. The number of nitrogens with two attached hydrogens (primary N) is 2. The predicted octanol–water partition coefficient (Wildman–Crippen LogP) is 2.84. The number of carboxylic acids is 1. The van der Waals surface area contributed by atoms with Gasteiger partial charge in [-0.3, -0.25) is 9.36 Å². The molecule has 41 heavy (non-hydrogen) atoms. The molecule has 1 unspecified atom stereocenters. The lowest BCUT2D eigenvalue weighted by molar-refractivity contribution is 0.0695. The van der Waals surface area contributed by atoms with E-state index in [1.807, 2.05) is 37.3 Å². The van der Waals surface area contributed by atoms with E-state index in [1.165, 1.54) is 4.90 Å². The molecule has 5 rings (SSSR count). The summed E-state index contributed by atoms with van der Waals surface area (Å²) in [6.45, 7) is 2.39. The highest BCUT2D eigenvalue weighted by molar-refractivity contribution is 5.97. The molecule has 4 aromatic rings. The van der Waals surface area contributed by atoms with E-state index in [0.29, 0.717) is 11.8 Å². The minimum absolute atomic E-state index is 0.0610. The number of halogens is 3. The zero-order valence-electron chi connectivity index (χ0n) is 21.6. The first kappa shape index (κ1) is 27.6. The fourth-order valence-electron chi connectivity index (χ4n) is 4.56. The van der Waals surface area contributed by atoms with Gasteiger partial charge in [0.25, 0.3) is 0 Å². The van der Waals surface area contributed by atoms with Crippen molar-refractivity contribution in [2.24, 2.45) is 16.3 Å². The molecule has 0 amide bonds. The van der Waals surface area contributed by atoms with Gasteiger partial charge in [-0.2, -0.15) is 0 Å². The molecule has 1 aliphatic rings. The van der Waals surface area contributed by atoms with Gasteiger partial charge in [-0.25, -0.2) is 27.9 Å². The van der Waals surface area contributed by atoms with Crippen LogP contribution in [0.4, 0.5) is 24.8 Å². The number of benzene rings is 1. The average molecular weight is 568 g/mol. The summed E-state index contributed by atoms with van der Waals surface area (Å²) in [5.41, 5.74) is 10.1. The van der Waals surface area contributed by atoms with Crippen LogP contribution >= 0.6 is 0 Å². The van der Waals surface area contributed by atoms with Crippen LogP contribution in [0.2, 0.25) is 0 Å². The third kappa shape index (κ3) is 5.04. The molecular formula is C27H24F3N7O4. The second-order valence-corrected chi connectivity index (χ2v) is 9.79. The molecule has 14 heteroatoms. The topological polar surface area (TPSA) is 162 Å². The van der Waals surface area contributed by atoms with Gasteiger partial charge in [0.2, 0.25) is 5.43 Å². The SMILES string of the molecule is CC1(CN)CN(c2nc3c(cc2F)c(=O)c(C(=O)O)cn3-c2nc(N)c(F)cc2F)C/C1=N\OCc1ccccc1. The molecule has 0 radical (unpaired) electrons. The Balaban J connectivity index is 1.61. The zero-order chi connectivity index (χ0) is 29.5. The smallest absolute Gasteiger partial charge is 0.341 e. The van der Waals surface area contributed by atoms with Crippen molar-refractivity contribution < 1.29 is 27.9 Å². The zero-order valence-corrected chi connectivity index (χ0v) is 21.6. The Bertz CT molecular complexity index is 1760. The second kappa shape index (κ2) is 10.5. The quantitative estimate of drug-likeness (QED) is 0.285. The summed E-state index contributed by atoms with van der Waals surface area (Å²) in [4.78, 5) is 39.7. The Labute approximate surface area is 230 Å². The third-order valence-corrected chi connectivity index (χ3v) is 6.89. The maximum Gasteiger partial charge on any atom is 0.341 e. The molecule has 3 aromatic heterocycles. The third-order valence-electron chi connectivity index (χ3n) is 6.89. The maximum absolute atomic E-state index is 15.5. The molecule has 0 spiro atoms. The minimum atomic E-state index is -1.65. The van der Waals surface area contributed by atoms with Gasteiger partial charge in [-0.05, 0) is 11.6 Å². The highest BCUT2D eigenvalue weighted by Crippen LogP contribution is 2.33. The van der Waals surface area contributed by atoms with E-state index in [9.17, 15) is 23.5 Å². The monoisotopic (exact) mass is 567 g/mol. The van der Waals surface area contributed by atoms with E-state index < -0.39 is 56.9 Å². The fraction of sp³-hybridized carbons (Fsp3) is 0.222. The molecule has 1 aromatic carbocycles. The van der Waals surface area contributed by atoms with Crippen molar-refractivity contribution in [1.29, 1.82) is 0 Å². The number of hydrogen-bond donors (Lipinski definition) is 3. The number of carboxylic acid groups (broad SMARTS) is 1. The van der Waals surface area contributed by atoms with E-state index in [2.05, 4.69) is 15.1 Å². The maximum atomic E-state index is 15.5. The lowest BCUT2D eigenvalue weighted by atomic mass is 9.88. The summed E-state index contributed by atoms with van der Waals surface area (Å²) in [6, 6.07) is 10.6. The van der Waals surface area contributed by atoms with Crippen molar-refractivity contribution in [3.63, 3.8) is 0 Å². The van der Waals surface area contributed by atoms with Crippen LogP contribution in [0.5, 0.6) is 0 Å². The highest BCUT2D eigenvalue weighted by atomic mass is 19.1. The number of fused-ring (bicyclic) bond motifs is 1. The highest BCUT2D eigenvalue weighted by Gasteiger charge is 2.41. The van der Waals surface area contributed by atoms with Crippen molar-refractivity contribution in [1.82, 2.24) is 14.5 Å². The number of nitrogen functional groups attached to an aromatic ring is 1. The summed E-state index contributed by atoms with van der Waals surface area (Å²) in [6.07, 6.45) is 0.780. The molecule has 212 valence electrons. The molecular weight excluding hydrogens is 543 g/mol. The Morgan fingerprint density at radius 2 is 1.83 bits per heavy atom. The number of aromatic nitrogens is 3. The number of aromatic carboxylic acids is 1. The number of pyridine rings is 3. The Morgan fingerprint density at radius 3 is 2.51 bits per heavy atom. The van der Waals surface area contributed by atoms with Gasteiger partial charge in [0.05, 0.1) is 17.6 Å². The number of hydrogen-bond acceptors (Lipinski definition) is 9. The van der Waals surface area contributed by atoms with Gasteiger partial charge in [-0.1, -0.05) is 42.4 Å². The fourth-order valence-corrected chi connectivity index (χ4v) is 4.56. The lowest BCUT2D eigenvalue weighted by Crippen LogP contribution is -2.36. The summed E-state index contributed by atoms with van der Waals surface area (Å²) in [5.74, 6) is -6.51. The summed E-state index contributed by atoms with van der Waals surface area (Å²) in [5, 5.41) is 13.4. The van der Waals surface area contributed by atoms with Crippen LogP contribution in [0.25, 0.3) is 16.9 Å². The van der Waals surface area contributed by atoms with Crippen LogP contribution in [-0.2, 0) is 11.4 Å². The van der Waals surface area contributed by atoms with Crippen molar-refractivity contribution in [3.8, 4) is 5.82 Å². The normalized spacial score (nSPS) is 17.9. The molecule has 11 nitrogen and oxygen atoms in total. The van der Waals surface area contributed by atoms with E-state index in [0.717, 1.165) is 22.4 Å². The summed E-state index contributed by atoms with van der Waals surface area (Å²) >= 11 is 0. The van der Waals surface area contributed by atoms with E-state index in [-0.39, 0.29) is 37.7 Å². The Hall–Kier alpha value is -4.98. The van der Waals surface area contributed by atoms with Crippen LogP contribution in [-0.4, -0.2) is 51.0 Å². The van der Waals surface area contributed by atoms with Gasteiger partial charge in [0.1, 0.15) is 12.2 Å². The van der Waals surface area contributed by atoms with Crippen molar-refractivity contribution in [2.45, 2.75) is 13.5 Å². The van der Waals surface area contributed by atoms with Crippen LogP contribution < -0.4 is 21.8 Å². The van der Waals surface area contributed by atoms with Gasteiger partial charge in [-0.15, -0.1) is 0 Å². The van der Waals surface area contributed by atoms with Gasteiger partial charge in [0.15, 0.2) is 40.6 Å². The standard InChI is InChI=1S/C27H24F3N7O4/c1-27(12-31)13-36(10-20(27)35-41-11-14-5-3-2-4-6-14)24-18(29)7-15-21(38)16(26(39)40)9-37(23(15)34-24)25-19(30)8-17(28)22(32)33-25/h2-9H,10-13,31H2,1H3,(H2,32,33)(H,39,40)/b35-20+. The molecule has 5 N–H and O–H groups in total. The van der Waals surface area contributed by atoms with E-state index in [1.54, 1.807) is 0 Å². The van der Waals surface area contributed by atoms with Crippen LogP contribution in [0.1, 0.15) is 22.8 Å². The van der Waals surface area contributed by atoms with Gasteiger partial charge >= 0.3 is 5.97 Å². The Kier molecular flexibility index (Phi) is 7.09. The predicted molar refractivity (Wildman–Crippen MR) is 144 cm³/mol. The molecule has 1 atom stereocenters. The molecule has 0 aliphatic carbocycles. The van der Waals surface area contributed by atoms with Crippen molar-refractivity contribution >= 4 is 34.4 Å². The van der Waals surface area contributed by atoms with Crippen molar-refractivity contribution in [3.05, 3.63) is 87.5 Å². The molecule has 0 saturated carbocycles. The van der Waals surface area contributed by atoms with Crippen LogP contribution in [0, 0.1) is 22.9 Å². The van der Waals surface area contributed by atoms with Gasteiger partial charge < -0.3 is 26.3 Å². The first-order chi connectivity index (χ1) is 19.5. The number of carbonyl (C=O) groups is 1. The molecule has 1 aliphatic heterocycles. The van der Waals surface area contributed by atoms with Crippen molar-refractivity contribution in [2.75, 3.05) is 30.3 Å². The van der Waals surface area contributed by atoms with Crippen LogP contribution in [0.15, 0.2) is 58.6 Å². The second-order valence-electron chi connectivity index (χ2n) is 9.79. The average Bonchev–Trinajstić information content (AvgIpc) is 3.28. The first-order valence-electron chi connectivity index (χ1n) is 12.3. The first-order valence-corrected chi connectivity index (χ1v) is 12.3. The molecule has 1 saturated heterocycles. The number of rotatable bonds is 7. The molecule has 1 fully saturated rings. The summed E-state index contributed by atoms with van der Waals surface area (Å²) < 4.78 is 45.0. The number of anilines is 2. The Morgan fingerprint density at radius 1 is 1.12 bits per heavy atom. The largest absolute Gasteiger partial charge is 0.477 e. The summed E-state index contributed by atoms with van der Waals surface area (Å²) in [7, 11) is 0. The number of oxime groups is 1. The minimum Gasteiger partial charge on any atom is -0.477 e. The number of nitrogens with zero attached hydrogens (tertiary/aromatic N) is 5. The van der Waals surface area contributed by atoms with E-state index in [4.69, 9.17) is 16.3 Å². The van der Waals surface area contributed by atoms with Gasteiger partial charge in [0, 0.05) is 30.8 Å². The molecule has 0 bridgehead atoms.